The van der Waals surface area contributed by atoms with Crippen LogP contribution in [0.15, 0.2) is 83.5 Å². The van der Waals surface area contributed by atoms with Gasteiger partial charge in [-0.25, -0.2) is 4.68 Å². The maximum Gasteiger partial charge on any atom is 0.295 e. The molecule has 196 valence electrons. The van der Waals surface area contributed by atoms with Crippen LogP contribution in [0.2, 0.25) is 0 Å². The van der Waals surface area contributed by atoms with E-state index in [4.69, 9.17) is 26.6 Å². The molecule has 1 N–H and O–H groups in total. The number of fused-ring (bicyclic) bond motifs is 1. The summed E-state index contributed by atoms with van der Waals surface area (Å²) in [5, 5.41) is 9.74. The van der Waals surface area contributed by atoms with Crippen molar-refractivity contribution in [2.75, 3.05) is 6.61 Å². The Bertz CT molecular complexity index is 1690. The van der Waals surface area contributed by atoms with E-state index in [2.05, 4.69) is 89.9 Å². The summed E-state index contributed by atoms with van der Waals surface area (Å²) in [6, 6.07) is 25.9. The Balaban J connectivity index is 1.41. The highest BCUT2D eigenvalue weighted by Crippen LogP contribution is 2.36. The maximum absolute atomic E-state index is 6.02. The predicted molar refractivity (Wildman–Crippen MR) is 158 cm³/mol. The minimum Gasteiger partial charge on any atom is -0.356 e. The molecule has 0 spiro atoms. The van der Waals surface area contributed by atoms with Crippen LogP contribution in [0.25, 0.3) is 34.2 Å². The van der Waals surface area contributed by atoms with Gasteiger partial charge in [0.05, 0.1) is 11.7 Å². The number of aromatic amines is 1. The second-order valence-corrected chi connectivity index (χ2v) is 10.1. The van der Waals surface area contributed by atoms with E-state index in [0.29, 0.717) is 5.82 Å². The summed E-state index contributed by atoms with van der Waals surface area (Å²) < 4.78 is 13.0. The van der Waals surface area contributed by atoms with E-state index < -0.39 is 0 Å². The molecule has 2 aromatic heterocycles. The summed E-state index contributed by atoms with van der Waals surface area (Å²) in [5.74, 6) is 0.592. The third-order valence-electron chi connectivity index (χ3n) is 7.18. The zero-order valence-electron chi connectivity index (χ0n) is 21.8. The highest BCUT2D eigenvalue weighted by Gasteiger charge is 2.20. The first-order chi connectivity index (χ1) is 19.2. The summed E-state index contributed by atoms with van der Waals surface area (Å²) in [5.41, 5.74) is 8.26. The molecule has 1 atom stereocenters. The number of hydrogen-bond donors (Lipinski definition) is 1. The average molecular weight is 535 g/mol. The van der Waals surface area contributed by atoms with Gasteiger partial charge in [0, 0.05) is 12.0 Å². The van der Waals surface area contributed by atoms with Crippen LogP contribution < -0.4 is 0 Å². The smallest absolute Gasteiger partial charge is 0.295 e. The molecule has 0 bridgehead atoms. The zero-order chi connectivity index (χ0) is 26.6. The molecule has 39 heavy (non-hydrogen) atoms. The first-order valence-corrected chi connectivity index (χ1v) is 13.8. The number of benzene rings is 3. The summed E-state index contributed by atoms with van der Waals surface area (Å²) >= 11 is 4.96. The van der Waals surface area contributed by atoms with Crippen LogP contribution in [-0.4, -0.2) is 26.5 Å². The maximum atomic E-state index is 6.02. The minimum atomic E-state index is 0.0146. The van der Waals surface area contributed by atoms with E-state index in [0.717, 1.165) is 47.9 Å². The van der Waals surface area contributed by atoms with E-state index in [9.17, 15) is 0 Å². The number of nitrogens with one attached hydrogen (secondary N) is 1. The molecule has 0 radical (unpaired) electrons. The third-order valence-corrected chi connectivity index (χ3v) is 7.36. The fourth-order valence-electron chi connectivity index (χ4n) is 5.28. The zero-order valence-corrected chi connectivity index (χ0v) is 22.7. The molecule has 0 saturated carbocycles. The predicted octanol–water partition coefficient (Wildman–Crippen LogP) is 8.32. The van der Waals surface area contributed by atoms with Gasteiger partial charge in [-0.05, 0) is 89.5 Å². The Morgan fingerprint density at radius 2 is 1.82 bits per heavy atom. The number of nitrogens with zero attached hydrogens (tertiary/aromatic N) is 3. The van der Waals surface area contributed by atoms with E-state index in [1.165, 1.54) is 28.7 Å². The number of rotatable bonds is 7. The molecule has 6 nitrogen and oxygen atoms in total. The second-order valence-electron chi connectivity index (χ2n) is 9.69. The van der Waals surface area contributed by atoms with Crippen LogP contribution >= 0.6 is 12.2 Å². The van der Waals surface area contributed by atoms with Gasteiger partial charge < -0.3 is 9.26 Å². The van der Waals surface area contributed by atoms with Crippen molar-refractivity contribution in [1.82, 2.24) is 19.9 Å². The summed E-state index contributed by atoms with van der Waals surface area (Å²) in [6.45, 7) is 3.02. The average Bonchev–Trinajstić information content (AvgIpc) is 3.61. The van der Waals surface area contributed by atoms with Gasteiger partial charge in [-0.2, -0.15) is 5.10 Å². The molecule has 5 aromatic rings. The molecule has 6 rings (SSSR count). The number of H-pyrrole nitrogens is 1. The fourth-order valence-corrected chi connectivity index (χ4v) is 5.43. The minimum absolute atomic E-state index is 0.0146. The Hall–Kier alpha value is -4.07. The quantitative estimate of drug-likeness (QED) is 0.168. The molecular weight excluding hydrogens is 504 g/mol. The van der Waals surface area contributed by atoms with Gasteiger partial charge in [0.15, 0.2) is 12.1 Å². The largest absolute Gasteiger partial charge is 0.356 e. The lowest BCUT2D eigenvalue weighted by Crippen LogP contribution is -2.18. The topological polar surface area (TPSA) is 68.9 Å². The summed E-state index contributed by atoms with van der Waals surface area (Å²) in [4.78, 5) is 3.17. The summed E-state index contributed by atoms with van der Waals surface area (Å²) in [6.07, 6.45) is 10.0. The Morgan fingerprint density at radius 3 is 2.54 bits per heavy atom. The molecule has 0 aliphatic carbocycles. The van der Waals surface area contributed by atoms with Gasteiger partial charge in [0.1, 0.15) is 0 Å². The van der Waals surface area contributed by atoms with Gasteiger partial charge in [-0.1, -0.05) is 78.8 Å². The van der Waals surface area contributed by atoms with Crippen LogP contribution in [0.4, 0.5) is 0 Å². The molecule has 1 aliphatic heterocycles. The summed E-state index contributed by atoms with van der Waals surface area (Å²) in [7, 11) is 0. The van der Waals surface area contributed by atoms with E-state index in [1.54, 1.807) is 0 Å². The van der Waals surface area contributed by atoms with Crippen molar-refractivity contribution >= 4 is 46.4 Å². The van der Waals surface area contributed by atoms with Gasteiger partial charge in [0.2, 0.25) is 0 Å². The van der Waals surface area contributed by atoms with Crippen molar-refractivity contribution in [1.29, 1.82) is 0 Å². The first kappa shape index (κ1) is 25.2. The molecule has 0 amide bonds. The van der Waals surface area contributed by atoms with Gasteiger partial charge in [-0.3, -0.25) is 4.98 Å². The molecule has 3 aromatic carbocycles. The van der Waals surface area contributed by atoms with Gasteiger partial charge in [0.25, 0.3) is 4.84 Å². The third kappa shape index (κ3) is 5.41. The monoisotopic (exact) mass is 534 g/mol. The molecule has 1 saturated heterocycles. The van der Waals surface area contributed by atoms with Crippen molar-refractivity contribution in [2.45, 2.75) is 38.8 Å². The first-order valence-electron chi connectivity index (χ1n) is 13.4. The molecular formula is C32H30N4O2S. The highest BCUT2D eigenvalue weighted by atomic mass is 32.1. The molecule has 3 heterocycles. The van der Waals surface area contributed by atoms with Gasteiger partial charge in [-0.15, -0.1) is 0 Å². The van der Waals surface area contributed by atoms with E-state index in [1.807, 2.05) is 23.0 Å². The van der Waals surface area contributed by atoms with Crippen molar-refractivity contribution in [2.24, 2.45) is 0 Å². The molecule has 7 heteroatoms. The lowest BCUT2D eigenvalue weighted by molar-refractivity contribution is -0.0366. The van der Waals surface area contributed by atoms with Crippen molar-refractivity contribution in [3.63, 3.8) is 0 Å². The lowest BCUT2D eigenvalue weighted by atomic mass is 9.87. The van der Waals surface area contributed by atoms with E-state index >= 15 is 0 Å². The second kappa shape index (κ2) is 11.4. The molecule has 1 fully saturated rings. The standard InChI is InChI=1S/C32H30N4O2S/c1-2-27(23-8-4-3-5-9-23)31(24-14-11-22(12-15-24)13-18-29-34-32(39)38-35-29)25-16-17-28-26(20-25)21-33-36(28)30-10-6-7-19-37-30/h3-5,8-9,11-18,20-21,30H,2,6-7,10,19H2,1H3,(H,34,35,39)/b18-13?,31-27-. The van der Waals surface area contributed by atoms with E-state index in [-0.39, 0.29) is 11.1 Å². The van der Waals surface area contributed by atoms with Crippen molar-refractivity contribution < 1.29 is 9.26 Å². The number of ether oxygens (including phenoxy) is 1. The normalized spacial score (nSPS) is 16.6. The van der Waals surface area contributed by atoms with Crippen LogP contribution in [0.5, 0.6) is 0 Å². The SMILES string of the molecule is CC/C(=C(\c1ccc(C=Cc2noc(=S)[nH]2)cc1)c1ccc2c(cnn2C2CCCCO2)c1)c1ccccc1. The van der Waals surface area contributed by atoms with Crippen molar-refractivity contribution in [3.8, 4) is 0 Å². The lowest BCUT2D eigenvalue weighted by Gasteiger charge is -2.23. The van der Waals surface area contributed by atoms with Crippen molar-refractivity contribution in [3.05, 3.63) is 112 Å². The van der Waals surface area contributed by atoms with Crippen LogP contribution in [0.3, 0.4) is 0 Å². The van der Waals surface area contributed by atoms with Crippen LogP contribution in [-0.2, 0) is 4.74 Å². The highest BCUT2D eigenvalue weighted by molar-refractivity contribution is 7.71. The Morgan fingerprint density at radius 1 is 1.00 bits per heavy atom. The number of allylic oxidation sites excluding steroid dienone is 1. The molecule has 1 unspecified atom stereocenters. The van der Waals surface area contributed by atoms with Gasteiger partial charge >= 0.3 is 0 Å². The van der Waals surface area contributed by atoms with Crippen LogP contribution in [0, 0.1) is 4.84 Å². The molecule has 1 aliphatic rings. The number of hydrogen-bond acceptors (Lipinski definition) is 5. The fraction of sp³-hybridized carbons (Fsp3) is 0.219. The Labute approximate surface area is 232 Å². The van der Waals surface area contributed by atoms with Crippen LogP contribution in [0.1, 0.15) is 66.9 Å². The Kier molecular flexibility index (Phi) is 7.34. The number of aromatic nitrogens is 4.